The highest BCUT2D eigenvalue weighted by Crippen LogP contribution is 2.25. The molecule has 0 saturated heterocycles. The van der Waals surface area contributed by atoms with Crippen molar-refractivity contribution in [1.29, 1.82) is 0 Å². The fourth-order valence-corrected chi connectivity index (χ4v) is 2.92. The van der Waals surface area contributed by atoms with Gasteiger partial charge in [0.25, 0.3) is 11.6 Å². The van der Waals surface area contributed by atoms with E-state index in [0.717, 1.165) is 6.07 Å². The second-order valence-corrected chi connectivity index (χ2v) is 6.22. The van der Waals surface area contributed by atoms with Crippen LogP contribution in [0, 0.1) is 24.0 Å². The molecule has 0 radical (unpaired) electrons. The van der Waals surface area contributed by atoms with E-state index >= 15 is 0 Å². The van der Waals surface area contributed by atoms with Crippen molar-refractivity contribution in [3.8, 4) is 0 Å². The fourth-order valence-electron chi connectivity index (χ4n) is 1.53. The van der Waals surface area contributed by atoms with Gasteiger partial charge >= 0.3 is 0 Å². The predicted molar refractivity (Wildman–Crippen MR) is 69.8 cm³/mol. The minimum Gasteiger partial charge on any atom is -0.390 e. The van der Waals surface area contributed by atoms with E-state index in [1.165, 1.54) is 19.9 Å². The Labute approximate surface area is 119 Å². The Balaban J connectivity index is 3.22. The molecule has 0 aliphatic heterocycles. The molecule has 0 amide bonds. The molecule has 0 aromatic heterocycles. The lowest BCUT2D eigenvalue weighted by atomic mass is 10.1. The molecule has 2 N–H and O–H groups in total. The van der Waals surface area contributed by atoms with Gasteiger partial charge in [-0.2, -0.15) is 0 Å². The molecule has 10 heteroatoms. The monoisotopic (exact) mass is 324 g/mol. The van der Waals surface area contributed by atoms with Crippen LogP contribution in [0.2, 0.25) is 0 Å². The SMILES string of the molecule is Cc1cc([N+](=O)[O-])cc(S(=O)(=O)NCC(F)(F)CO)c1C. The number of aliphatic hydroxyl groups excluding tert-OH is 1. The third kappa shape index (κ3) is 4.16. The van der Waals surface area contributed by atoms with Gasteiger partial charge in [0.2, 0.25) is 10.0 Å². The Hall–Kier alpha value is -1.65. The molecule has 0 atom stereocenters. The van der Waals surface area contributed by atoms with Gasteiger partial charge in [-0.05, 0) is 25.0 Å². The van der Waals surface area contributed by atoms with Crippen LogP contribution in [0.4, 0.5) is 14.5 Å². The molecule has 7 nitrogen and oxygen atoms in total. The van der Waals surface area contributed by atoms with Gasteiger partial charge in [0.1, 0.15) is 6.61 Å². The number of benzene rings is 1. The summed E-state index contributed by atoms with van der Waals surface area (Å²) in [4.78, 5) is 9.53. The summed E-state index contributed by atoms with van der Waals surface area (Å²) in [6.45, 7) is 0.0803. The Morgan fingerprint density at radius 2 is 1.95 bits per heavy atom. The summed E-state index contributed by atoms with van der Waals surface area (Å²) in [5.41, 5.74) is 0.117. The standard InChI is InChI=1S/C11H14F2N2O5S/c1-7-3-9(15(17)18)4-10(8(7)2)21(19,20)14-5-11(12,13)6-16/h3-4,14,16H,5-6H2,1-2H3. The van der Waals surface area contributed by atoms with Crippen molar-refractivity contribution in [1.82, 2.24) is 4.72 Å². The number of halogens is 2. The number of nitrogens with one attached hydrogen (secondary N) is 1. The average molecular weight is 324 g/mol. The molecular weight excluding hydrogens is 310 g/mol. The van der Waals surface area contributed by atoms with Gasteiger partial charge in [-0.25, -0.2) is 21.9 Å². The van der Waals surface area contributed by atoms with Crippen molar-refractivity contribution in [2.45, 2.75) is 24.7 Å². The van der Waals surface area contributed by atoms with Crippen molar-refractivity contribution >= 4 is 15.7 Å². The van der Waals surface area contributed by atoms with Crippen LogP contribution in [0.25, 0.3) is 0 Å². The number of hydrogen-bond acceptors (Lipinski definition) is 5. The normalized spacial score (nSPS) is 12.4. The Kier molecular flexibility index (Phi) is 4.97. The maximum absolute atomic E-state index is 12.9. The molecule has 1 aromatic rings. The van der Waals surface area contributed by atoms with E-state index in [1.54, 1.807) is 4.72 Å². The largest absolute Gasteiger partial charge is 0.390 e. The Morgan fingerprint density at radius 1 is 1.38 bits per heavy atom. The average Bonchev–Trinajstić information content (AvgIpc) is 2.39. The van der Waals surface area contributed by atoms with Crippen LogP contribution >= 0.6 is 0 Å². The van der Waals surface area contributed by atoms with Crippen LogP contribution in [-0.2, 0) is 10.0 Å². The highest BCUT2D eigenvalue weighted by Gasteiger charge is 2.31. The molecule has 0 unspecified atom stereocenters. The number of nitro benzene ring substituents is 1. The number of rotatable bonds is 6. The van der Waals surface area contributed by atoms with Gasteiger partial charge in [-0.15, -0.1) is 0 Å². The van der Waals surface area contributed by atoms with Gasteiger partial charge in [0.15, 0.2) is 0 Å². The van der Waals surface area contributed by atoms with Crippen molar-refractivity contribution in [2.24, 2.45) is 0 Å². The second-order valence-electron chi connectivity index (χ2n) is 4.48. The zero-order chi connectivity index (χ0) is 16.4. The van der Waals surface area contributed by atoms with Crippen LogP contribution in [0.1, 0.15) is 11.1 Å². The summed E-state index contributed by atoms with van der Waals surface area (Å²) in [6.07, 6.45) is 0. The lowest BCUT2D eigenvalue weighted by molar-refractivity contribution is -0.385. The van der Waals surface area contributed by atoms with Gasteiger partial charge < -0.3 is 5.11 Å². The van der Waals surface area contributed by atoms with Gasteiger partial charge in [-0.1, -0.05) is 0 Å². The lowest BCUT2D eigenvalue weighted by Gasteiger charge is -2.15. The van der Waals surface area contributed by atoms with Crippen molar-refractivity contribution in [3.05, 3.63) is 33.4 Å². The molecule has 0 bridgehead atoms. The minimum atomic E-state index is -4.36. The van der Waals surface area contributed by atoms with Crippen LogP contribution in [0.5, 0.6) is 0 Å². The van der Waals surface area contributed by atoms with Crippen LogP contribution in [0.3, 0.4) is 0 Å². The van der Waals surface area contributed by atoms with Gasteiger partial charge in [0, 0.05) is 12.1 Å². The van der Waals surface area contributed by atoms with Gasteiger partial charge in [-0.3, -0.25) is 10.1 Å². The summed E-state index contributed by atoms with van der Waals surface area (Å²) < 4.78 is 51.4. The number of aliphatic hydroxyl groups is 1. The first-order valence-corrected chi connectivity index (χ1v) is 7.22. The number of hydrogen-bond donors (Lipinski definition) is 2. The third-order valence-electron chi connectivity index (χ3n) is 2.86. The Morgan fingerprint density at radius 3 is 2.43 bits per heavy atom. The smallest absolute Gasteiger partial charge is 0.283 e. The number of aryl methyl sites for hydroxylation is 1. The predicted octanol–water partition coefficient (Wildman–Crippen LogP) is 1.12. The van der Waals surface area contributed by atoms with E-state index in [4.69, 9.17) is 5.11 Å². The molecule has 1 rings (SSSR count). The molecular formula is C11H14F2N2O5S. The van der Waals surface area contributed by atoms with E-state index in [-0.39, 0.29) is 5.56 Å². The first-order chi connectivity index (χ1) is 9.50. The molecule has 0 saturated carbocycles. The molecule has 1 aromatic carbocycles. The van der Waals surface area contributed by atoms with Gasteiger partial charge in [0.05, 0.1) is 16.4 Å². The summed E-state index contributed by atoms with van der Waals surface area (Å²) in [7, 11) is -4.36. The summed E-state index contributed by atoms with van der Waals surface area (Å²) >= 11 is 0. The molecule has 21 heavy (non-hydrogen) atoms. The van der Waals surface area contributed by atoms with E-state index in [1.807, 2.05) is 0 Å². The number of alkyl halides is 2. The summed E-state index contributed by atoms with van der Waals surface area (Å²) in [6, 6.07) is 2.00. The van der Waals surface area contributed by atoms with E-state index in [0.29, 0.717) is 5.56 Å². The van der Waals surface area contributed by atoms with Crippen molar-refractivity contribution in [2.75, 3.05) is 13.2 Å². The molecule has 0 heterocycles. The molecule has 0 fully saturated rings. The fraction of sp³-hybridized carbons (Fsp3) is 0.455. The first kappa shape index (κ1) is 17.4. The molecule has 0 spiro atoms. The number of sulfonamides is 1. The summed E-state index contributed by atoms with van der Waals surface area (Å²) in [5, 5.41) is 19.1. The first-order valence-electron chi connectivity index (χ1n) is 5.74. The van der Waals surface area contributed by atoms with E-state index < -0.39 is 44.6 Å². The van der Waals surface area contributed by atoms with Crippen LogP contribution < -0.4 is 4.72 Å². The highest BCUT2D eigenvalue weighted by atomic mass is 32.2. The number of nitrogens with zero attached hydrogens (tertiary/aromatic N) is 1. The van der Waals surface area contributed by atoms with E-state index in [2.05, 4.69) is 0 Å². The van der Waals surface area contributed by atoms with E-state index in [9.17, 15) is 27.3 Å². The molecule has 0 aliphatic carbocycles. The number of nitro groups is 1. The molecule has 0 aliphatic rings. The maximum Gasteiger partial charge on any atom is 0.283 e. The molecule has 118 valence electrons. The quantitative estimate of drug-likeness (QED) is 0.602. The second kappa shape index (κ2) is 6.00. The topological polar surface area (TPSA) is 110 Å². The lowest BCUT2D eigenvalue weighted by Crippen LogP contribution is -2.39. The highest BCUT2D eigenvalue weighted by molar-refractivity contribution is 7.89. The zero-order valence-electron chi connectivity index (χ0n) is 11.3. The van der Waals surface area contributed by atoms with Crippen LogP contribution in [0.15, 0.2) is 17.0 Å². The van der Waals surface area contributed by atoms with Crippen molar-refractivity contribution < 1.29 is 27.2 Å². The summed E-state index contributed by atoms with van der Waals surface area (Å²) in [5.74, 6) is -3.61. The zero-order valence-corrected chi connectivity index (χ0v) is 12.1. The third-order valence-corrected chi connectivity index (χ3v) is 4.38. The Bertz CT molecular complexity index is 661. The minimum absolute atomic E-state index is 0.223. The van der Waals surface area contributed by atoms with Crippen LogP contribution in [-0.4, -0.2) is 37.5 Å². The maximum atomic E-state index is 12.9. The number of non-ortho nitro benzene ring substituents is 1. The van der Waals surface area contributed by atoms with Crippen molar-refractivity contribution in [3.63, 3.8) is 0 Å².